The zero-order valence-corrected chi connectivity index (χ0v) is 16.7. The second-order valence-corrected chi connectivity index (χ2v) is 7.69. The van der Waals surface area contributed by atoms with Gasteiger partial charge in [0.1, 0.15) is 0 Å². The van der Waals surface area contributed by atoms with E-state index in [0.29, 0.717) is 6.54 Å². The normalized spacial score (nSPS) is 13.1. The standard InChI is InChI=1S/C20H27N3O2S/c1-14-7-5-9-18(15(14)2)22-19(24)13-23(4)16(3)20(25)21-11-10-17-8-6-12-26-17/h5-9,12,16H,10-11,13H2,1-4H3,(H,21,25)(H,22,24)/p+1/t16-/m0/s1. The summed E-state index contributed by atoms with van der Waals surface area (Å²) in [5, 5.41) is 7.94. The van der Waals surface area contributed by atoms with E-state index in [1.165, 1.54) is 4.88 Å². The molecule has 0 aliphatic rings. The molecule has 0 saturated heterocycles. The van der Waals surface area contributed by atoms with Crippen LogP contribution in [0.25, 0.3) is 0 Å². The Labute approximate surface area is 159 Å². The van der Waals surface area contributed by atoms with Crippen LogP contribution >= 0.6 is 11.3 Å². The number of rotatable bonds is 8. The van der Waals surface area contributed by atoms with Crippen LogP contribution in [0.15, 0.2) is 35.7 Å². The van der Waals surface area contributed by atoms with E-state index in [9.17, 15) is 9.59 Å². The van der Waals surface area contributed by atoms with Crippen molar-refractivity contribution in [3.63, 3.8) is 0 Å². The molecule has 1 unspecified atom stereocenters. The number of likely N-dealkylation sites (N-methyl/N-ethyl adjacent to an activating group) is 1. The highest BCUT2D eigenvalue weighted by Gasteiger charge is 2.23. The largest absolute Gasteiger partial charge is 0.351 e. The summed E-state index contributed by atoms with van der Waals surface area (Å²) < 4.78 is 0. The second-order valence-electron chi connectivity index (χ2n) is 6.66. The SMILES string of the molecule is Cc1cccc(NC(=O)C[NH+](C)[C@@H](C)C(=O)NCCc2cccs2)c1C. The van der Waals surface area contributed by atoms with E-state index < -0.39 is 0 Å². The zero-order valence-electron chi connectivity index (χ0n) is 15.9. The van der Waals surface area contributed by atoms with Gasteiger partial charge < -0.3 is 15.5 Å². The van der Waals surface area contributed by atoms with Crippen molar-refractivity contribution in [3.05, 3.63) is 51.7 Å². The van der Waals surface area contributed by atoms with Crippen LogP contribution in [0.2, 0.25) is 0 Å². The molecule has 2 rings (SSSR count). The highest BCUT2D eigenvalue weighted by molar-refractivity contribution is 7.09. The number of thiophene rings is 1. The van der Waals surface area contributed by atoms with E-state index >= 15 is 0 Å². The van der Waals surface area contributed by atoms with Crippen molar-refractivity contribution < 1.29 is 14.5 Å². The molecule has 1 aromatic heterocycles. The second kappa shape index (κ2) is 9.50. The van der Waals surface area contributed by atoms with Crippen LogP contribution in [0, 0.1) is 13.8 Å². The minimum atomic E-state index is -0.289. The number of carbonyl (C=O) groups excluding carboxylic acids is 2. The van der Waals surface area contributed by atoms with Crippen molar-refractivity contribution in [2.75, 3.05) is 25.5 Å². The van der Waals surface area contributed by atoms with Crippen molar-refractivity contribution in [1.82, 2.24) is 5.32 Å². The zero-order chi connectivity index (χ0) is 19.1. The van der Waals surface area contributed by atoms with Gasteiger partial charge in [-0.15, -0.1) is 11.3 Å². The van der Waals surface area contributed by atoms with Crippen molar-refractivity contribution in [2.45, 2.75) is 33.2 Å². The molecule has 2 atom stereocenters. The molecule has 6 heteroatoms. The topological polar surface area (TPSA) is 62.6 Å². The third-order valence-electron chi connectivity index (χ3n) is 4.70. The molecular weight excluding hydrogens is 346 g/mol. The third kappa shape index (κ3) is 5.68. The van der Waals surface area contributed by atoms with Crippen molar-refractivity contribution in [1.29, 1.82) is 0 Å². The Morgan fingerprint density at radius 2 is 1.96 bits per heavy atom. The lowest BCUT2D eigenvalue weighted by atomic mass is 10.1. The Kier molecular flexibility index (Phi) is 7.36. The summed E-state index contributed by atoms with van der Waals surface area (Å²) in [6.07, 6.45) is 0.836. The number of hydrogen-bond donors (Lipinski definition) is 3. The lowest BCUT2D eigenvalue weighted by molar-refractivity contribution is -0.885. The van der Waals surface area contributed by atoms with Crippen LogP contribution in [0.3, 0.4) is 0 Å². The molecular formula is C20H28N3O2S+. The van der Waals surface area contributed by atoms with Crippen molar-refractivity contribution in [2.24, 2.45) is 0 Å². The predicted molar refractivity (Wildman–Crippen MR) is 107 cm³/mol. The summed E-state index contributed by atoms with van der Waals surface area (Å²) in [6, 6.07) is 9.63. The third-order valence-corrected chi connectivity index (χ3v) is 5.64. The first-order chi connectivity index (χ1) is 12.4. The monoisotopic (exact) mass is 374 g/mol. The summed E-state index contributed by atoms with van der Waals surface area (Å²) >= 11 is 1.69. The van der Waals surface area contributed by atoms with Gasteiger partial charge in [0.25, 0.3) is 11.8 Å². The number of benzene rings is 1. The fraction of sp³-hybridized carbons (Fsp3) is 0.400. The summed E-state index contributed by atoms with van der Waals surface area (Å²) in [6.45, 7) is 6.72. The Hall–Kier alpha value is -2.18. The highest BCUT2D eigenvalue weighted by atomic mass is 32.1. The van der Waals surface area contributed by atoms with Gasteiger partial charge in [0, 0.05) is 17.1 Å². The number of hydrogen-bond acceptors (Lipinski definition) is 3. The quantitative estimate of drug-likeness (QED) is 0.657. The average molecular weight is 375 g/mol. The van der Waals surface area contributed by atoms with Gasteiger partial charge in [-0.25, -0.2) is 0 Å². The molecule has 0 bridgehead atoms. The lowest BCUT2D eigenvalue weighted by Crippen LogP contribution is -3.15. The van der Waals surface area contributed by atoms with E-state index in [1.807, 2.05) is 57.5 Å². The average Bonchev–Trinajstić information content (AvgIpc) is 3.11. The minimum absolute atomic E-state index is 0.0291. The van der Waals surface area contributed by atoms with Crippen LogP contribution < -0.4 is 15.5 Å². The van der Waals surface area contributed by atoms with Gasteiger partial charge in [-0.1, -0.05) is 18.2 Å². The molecule has 0 spiro atoms. The Bertz CT molecular complexity index is 744. The summed E-state index contributed by atoms with van der Waals surface area (Å²) in [4.78, 5) is 26.7. The van der Waals surface area contributed by atoms with Gasteiger partial charge in [-0.05, 0) is 55.8 Å². The molecule has 0 saturated carbocycles. The first kappa shape index (κ1) is 20.1. The van der Waals surface area contributed by atoms with Crippen LogP contribution in [0.1, 0.15) is 22.9 Å². The molecule has 2 amide bonds. The molecule has 5 nitrogen and oxygen atoms in total. The molecule has 1 aromatic carbocycles. The summed E-state index contributed by atoms with van der Waals surface area (Å²) in [5.74, 6) is -0.118. The van der Waals surface area contributed by atoms with E-state index in [2.05, 4.69) is 16.7 Å². The van der Waals surface area contributed by atoms with Crippen LogP contribution in [-0.2, 0) is 16.0 Å². The molecule has 0 radical (unpaired) electrons. The number of nitrogens with one attached hydrogen (secondary N) is 3. The first-order valence-electron chi connectivity index (χ1n) is 8.87. The fourth-order valence-electron chi connectivity index (χ4n) is 2.63. The summed E-state index contributed by atoms with van der Waals surface area (Å²) in [5.41, 5.74) is 3.04. The molecule has 3 N–H and O–H groups in total. The van der Waals surface area contributed by atoms with Crippen LogP contribution in [-0.4, -0.2) is 38.0 Å². The van der Waals surface area contributed by atoms with Gasteiger partial charge in [-0.2, -0.15) is 0 Å². The van der Waals surface area contributed by atoms with Gasteiger partial charge in [-0.3, -0.25) is 9.59 Å². The maximum absolute atomic E-state index is 12.3. The van der Waals surface area contributed by atoms with Crippen molar-refractivity contribution >= 4 is 28.8 Å². The maximum Gasteiger partial charge on any atom is 0.279 e. The highest BCUT2D eigenvalue weighted by Crippen LogP contribution is 2.17. The van der Waals surface area contributed by atoms with Gasteiger partial charge >= 0.3 is 0 Å². The van der Waals surface area contributed by atoms with Crippen molar-refractivity contribution in [3.8, 4) is 0 Å². The van der Waals surface area contributed by atoms with E-state index in [1.54, 1.807) is 11.3 Å². The molecule has 0 aliphatic carbocycles. The molecule has 140 valence electrons. The smallest absolute Gasteiger partial charge is 0.279 e. The number of quaternary nitrogens is 1. The fourth-order valence-corrected chi connectivity index (χ4v) is 3.34. The summed E-state index contributed by atoms with van der Waals surface area (Å²) in [7, 11) is 1.87. The Morgan fingerprint density at radius 1 is 1.19 bits per heavy atom. The minimum Gasteiger partial charge on any atom is -0.351 e. The van der Waals surface area contributed by atoms with Gasteiger partial charge in [0.15, 0.2) is 12.6 Å². The molecule has 0 aliphatic heterocycles. The predicted octanol–water partition coefficient (Wildman–Crippen LogP) is 1.57. The van der Waals surface area contributed by atoms with Crippen LogP contribution in [0.4, 0.5) is 5.69 Å². The van der Waals surface area contributed by atoms with E-state index in [0.717, 1.165) is 28.1 Å². The molecule has 26 heavy (non-hydrogen) atoms. The first-order valence-corrected chi connectivity index (χ1v) is 9.75. The Balaban J connectivity index is 1.79. The molecule has 2 aromatic rings. The number of anilines is 1. The Morgan fingerprint density at radius 3 is 2.65 bits per heavy atom. The molecule has 1 heterocycles. The van der Waals surface area contributed by atoms with Gasteiger partial charge in [0.05, 0.1) is 7.05 Å². The lowest BCUT2D eigenvalue weighted by Gasteiger charge is -2.21. The molecule has 0 fully saturated rings. The number of aryl methyl sites for hydroxylation is 1. The maximum atomic E-state index is 12.3. The van der Waals surface area contributed by atoms with Gasteiger partial charge in [0.2, 0.25) is 0 Å². The van der Waals surface area contributed by atoms with E-state index in [4.69, 9.17) is 0 Å². The number of carbonyl (C=O) groups is 2. The van der Waals surface area contributed by atoms with E-state index in [-0.39, 0.29) is 24.4 Å². The number of amides is 2. The van der Waals surface area contributed by atoms with Crippen LogP contribution in [0.5, 0.6) is 0 Å².